The van der Waals surface area contributed by atoms with E-state index in [4.69, 9.17) is 18.9 Å². The van der Waals surface area contributed by atoms with Crippen molar-refractivity contribution >= 4 is 35.1 Å². The van der Waals surface area contributed by atoms with Crippen molar-refractivity contribution in [2.75, 3.05) is 24.9 Å². The highest BCUT2D eigenvalue weighted by Crippen LogP contribution is 2.58. The normalized spacial score (nSPS) is 17.0. The van der Waals surface area contributed by atoms with Crippen LogP contribution in [-0.2, 0) is 43.1 Å². The summed E-state index contributed by atoms with van der Waals surface area (Å²) in [5.41, 5.74) is -8.01. The molecule has 0 spiro atoms. The van der Waals surface area contributed by atoms with Crippen LogP contribution in [0.15, 0.2) is 78.9 Å². The van der Waals surface area contributed by atoms with Gasteiger partial charge in [-0.25, -0.2) is 14.0 Å². The Hall–Kier alpha value is -6.21. The van der Waals surface area contributed by atoms with Crippen LogP contribution in [0.2, 0.25) is 0 Å². The summed E-state index contributed by atoms with van der Waals surface area (Å²) in [7, 11) is 2.69. The highest BCUT2D eigenvalue weighted by Gasteiger charge is 2.65. The molecular formula is C44H41F7N2O10. The molecule has 4 N–H and O–H groups in total. The number of hydrogen-bond acceptors (Lipinski definition) is 10. The lowest BCUT2D eigenvalue weighted by Crippen LogP contribution is -2.57. The van der Waals surface area contributed by atoms with Gasteiger partial charge >= 0.3 is 24.3 Å². The molecule has 12 nitrogen and oxygen atoms in total. The van der Waals surface area contributed by atoms with Crippen molar-refractivity contribution < 1.29 is 79.1 Å². The van der Waals surface area contributed by atoms with Crippen molar-refractivity contribution in [1.82, 2.24) is 0 Å². The quantitative estimate of drug-likeness (QED) is 0.0813. The number of nitrogens with one attached hydrogen (secondary N) is 2. The summed E-state index contributed by atoms with van der Waals surface area (Å²) in [6, 6.07) is 17.9. The smallest absolute Gasteiger partial charge is 0.426 e. The Balaban J connectivity index is 0.000000210. The molecule has 4 aromatic rings. The van der Waals surface area contributed by atoms with E-state index in [1.807, 2.05) is 0 Å². The van der Waals surface area contributed by atoms with Gasteiger partial charge in [-0.3, -0.25) is 9.59 Å². The third-order valence-corrected chi connectivity index (χ3v) is 11.3. The van der Waals surface area contributed by atoms with E-state index in [-0.39, 0.29) is 59.9 Å². The van der Waals surface area contributed by atoms with Crippen LogP contribution in [0.3, 0.4) is 0 Å². The van der Waals surface area contributed by atoms with Crippen LogP contribution >= 0.6 is 0 Å². The zero-order valence-electron chi connectivity index (χ0n) is 34.1. The van der Waals surface area contributed by atoms with Gasteiger partial charge in [0.1, 0.15) is 30.5 Å². The first-order chi connectivity index (χ1) is 29.4. The first-order valence-corrected chi connectivity index (χ1v) is 19.2. The number of aliphatic hydroxyl groups is 2. The Labute approximate surface area is 355 Å². The van der Waals surface area contributed by atoms with E-state index in [1.54, 1.807) is 24.3 Å². The van der Waals surface area contributed by atoms with Crippen molar-refractivity contribution in [2.24, 2.45) is 0 Å². The van der Waals surface area contributed by atoms with Gasteiger partial charge in [0, 0.05) is 46.3 Å². The molecule has 0 bridgehead atoms. The number of para-hydroxylation sites is 1. The van der Waals surface area contributed by atoms with Crippen molar-refractivity contribution in [3.05, 3.63) is 118 Å². The average Bonchev–Trinajstić information content (AvgIpc) is 3.77. The van der Waals surface area contributed by atoms with E-state index < -0.39 is 76.8 Å². The van der Waals surface area contributed by atoms with Gasteiger partial charge in [-0.1, -0.05) is 32.0 Å². The number of fused-ring (bicyclic) bond motifs is 2. The van der Waals surface area contributed by atoms with Gasteiger partial charge in [-0.2, -0.15) is 26.3 Å². The number of cyclic esters (lactones) is 2. The lowest BCUT2D eigenvalue weighted by atomic mass is 9.74. The number of hydrogen-bond donors (Lipinski definition) is 4. The number of amides is 2. The third-order valence-electron chi connectivity index (χ3n) is 11.3. The minimum absolute atomic E-state index is 0.0137. The van der Waals surface area contributed by atoms with Crippen LogP contribution in [0.4, 0.5) is 42.1 Å². The molecular weight excluding hydrogens is 849 g/mol. The van der Waals surface area contributed by atoms with Crippen LogP contribution in [0, 0.1) is 5.82 Å². The Morgan fingerprint density at radius 2 is 1.19 bits per heavy atom. The van der Waals surface area contributed by atoms with E-state index in [2.05, 4.69) is 10.6 Å². The molecule has 2 aliphatic heterocycles. The van der Waals surface area contributed by atoms with Gasteiger partial charge in [-0.15, -0.1) is 0 Å². The molecule has 7 rings (SSSR count). The van der Waals surface area contributed by atoms with Gasteiger partial charge in [0.25, 0.3) is 11.8 Å². The summed E-state index contributed by atoms with van der Waals surface area (Å²) in [5, 5.41) is 25.5. The maximum absolute atomic E-state index is 14.0. The molecule has 1 saturated carbocycles. The number of methoxy groups -OCH3 is 2. The lowest BCUT2D eigenvalue weighted by molar-refractivity contribution is -0.254. The molecule has 2 heterocycles. The Bertz CT molecular complexity index is 2450. The van der Waals surface area contributed by atoms with E-state index in [9.17, 15) is 60.1 Å². The second-order valence-electron chi connectivity index (χ2n) is 16.1. The number of rotatable bonds is 12. The number of ether oxygens (including phenoxy) is 4. The number of alkyl halides is 6. The minimum atomic E-state index is -5.30. The summed E-state index contributed by atoms with van der Waals surface area (Å²) in [4.78, 5) is 48.5. The third kappa shape index (κ3) is 9.15. The van der Waals surface area contributed by atoms with E-state index in [0.717, 1.165) is 12.1 Å². The molecule has 3 aliphatic rings. The van der Waals surface area contributed by atoms with Crippen LogP contribution in [0.5, 0.6) is 11.5 Å². The SMILES string of the molecule is COc1ccc(F)cc1C1(CC(O)(C(=O)Nc2ccc3c(c2)COC3=O)C(F)(F)F)CC1.COc1ccccc1C(C)(C)CC(O)(C(=O)Nc1ccc2c(c1)COC2=O)C(F)(F)F. The van der Waals surface area contributed by atoms with Crippen molar-refractivity contribution in [3.8, 4) is 11.5 Å². The molecule has 2 unspecified atom stereocenters. The summed E-state index contributed by atoms with van der Waals surface area (Å²) in [6.45, 7) is 2.88. The van der Waals surface area contributed by atoms with Crippen molar-refractivity contribution in [3.63, 3.8) is 0 Å². The summed E-state index contributed by atoms with van der Waals surface area (Å²) >= 11 is 0. The maximum atomic E-state index is 14.0. The second kappa shape index (κ2) is 16.8. The fourth-order valence-corrected chi connectivity index (χ4v) is 7.72. The standard InChI is InChI=1S/C22H19F4NO5.C22H22F3NO5/c1-31-17-5-2-13(23)9-16(17)20(6-7-20)11-21(30,22(24,25)26)19(29)27-14-3-4-15-12(8-14)10-32-18(15)28;1-20(2,16-6-4-5-7-17(16)30-3)12-21(29,22(23,24)25)19(28)26-14-8-9-15-13(10-14)11-31-18(15)27/h2-5,8-9,30H,6-7,10-11H2,1H3,(H,27,29);4-10,29H,11-12H2,1-3H3,(H,26,28). The zero-order chi connectivity index (χ0) is 46.3. The predicted octanol–water partition coefficient (Wildman–Crippen LogP) is 7.82. The zero-order valence-corrected chi connectivity index (χ0v) is 34.1. The molecule has 2 atom stereocenters. The number of esters is 2. The maximum Gasteiger partial charge on any atom is 0.426 e. The molecule has 63 heavy (non-hydrogen) atoms. The Morgan fingerprint density at radius 1 is 0.698 bits per heavy atom. The van der Waals surface area contributed by atoms with E-state index in [0.29, 0.717) is 22.4 Å². The fourth-order valence-electron chi connectivity index (χ4n) is 7.72. The average molecular weight is 891 g/mol. The monoisotopic (exact) mass is 890 g/mol. The number of carbonyl (C=O) groups excluding carboxylic acids is 4. The largest absolute Gasteiger partial charge is 0.496 e. The second-order valence-corrected chi connectivity index (χ2v) is 16.1. The number of benzene rings is 4. The van der Waals surface area contributed by atoms with E-state index >= 15 is 0 Å². The summed E-state index contributed by atoms with van der Waals surface area (Å²) in [6.07, 6.45) is -12.0. The summed E-state index contributed by atoms with van der Waals surface area (Å²) < 4.78 is 118. The van der Waals surface area contributed by atoms with Crippen LogP contribution in [-0.4, -0.2) is 71.7 Å². The molecule has 0 aromatic heterocycles. The lowest BCUT2D eigenvalue weighted by Gasteiger charge is -2.37. The van der Waals surface area contributed by atoms with E-state index in [1.165, 1.54) is 70.5 Å². The van der Waals surface area contributed by atoms with Crippen molar-refractivity contribution in [2.45, 2.75) is 87.1 Å². The fraction of sp³-hybridized carbons (Fsp3) is 0.364. The van der Waals surface area contributed by atoms with Crippen LogP contribution < -0.4 is 20.1 Å². The first kappa shape index (κ1) is 46.3. The van der Waals surface area contributed by atoms with Gasteiger partial charge in [0.05, 0.1) is 25.3 Å². The predicted molar refractivity (Wildman–Crippen MR) is 210 cm³/mol. The van der Waals surface area contributed by atoms with Crippen LogP contribution in [0.1, 0.15) is 82.5 Å². The number of halogens is 7. The highest BCUT2D eigenvalue weighted by molar-refractivity contribution is 6.00. The van der Waals surface area contributed by atoms with Crippen LogP contribution in [0.25, 0.3) is 0 Å². The Morgan fingerprint density at radius 3 is 1.67 bits per heavy atom. The first-order valence-electron chi connectivity index (χ1n) is 19.2. The number of carbonyl (C=O) groups is 4. The molecule has 19 heteroatoms. The van der Waals surface area contributed by atoms with Gasteiger partial charge in [0.15, 0.2) is 0 Å². The topological polar surface area (TPSA) is 170 Å². The van der Waals surface area contributed by atoms with Gasteiger partial charge in [0.2, 0.25) is 11.2 Å². The molecule has 0 saturated heterocycles. The molecule has 0 radical (unpaired) electrons. The molecule has 2 amide bonds. The Kier molecular flexibility index (Phi) is 12.4. The van der Waals surface area contributed by atoms with Gasteiger partial charge in [-0.05, 0) is 84.5 Å². The summed E-state index contributed by atoms with van der Waals surface area (Å²) in [5.74, 6) is -4.53. The minimum Gasteiger partial charge on any atom is -0.496 e. The van der Waals surface area contributed by atoms with Crippen molar-refractivity contribution in [1.29, 1.82) is 0 Å². The molecule has 4 aromatic carbocycles. The number of anilines is 2. The highest BCUT2D eigenvalue weighted by atomic mass is 19.4. The van der Waals surface area contributed by atoms with Gasteiger partial charge < -0.3 is 39.8 Å². The molecule has 1 fully saturated rings. The molecule has 1 aliphatic carbocycles. The molecule has 336 valence electrons.